The Bertz CT molecular complexity index is 1240. The molecule has 0 fully saturated rings. The van der Waals surface area contributed by atoms with Crippen molar-refractivity contribution >= 4 is 5.91 Å². The molecule has 0 atom stereocenters. The molecule has 1 aromatic heterocycles. The van der Waals surface area contributed by atoms with Gasteiger partial charge in [0.25, 0.3) is 5.91 Å². The zero-order valence-corrected chi connectivity index (χ0v) is 18.8. The van der Waals surface area contributed by atoms with Crippen LogP contribution in [0.2, 0.25) is 0 Å². The van der Waals surface area contributed by atoms with Crippen molar-refractivity contribution in [2.24, 2.45) is 0 Å². The SMILES string of the molecule is Cc1ccccc1CN(Cc1ccc(F)cc1)Cc1nc(C(=O)NCc2ccc(F)cc2)co1. The second kappa shape index (κ2) is 10.9. The molecule has 0 bridgehead atoms. The number of hydrogen-bond acceptors (Lipinski definition) is 4. The molecule has 0 saturated heterocycles. The molecular weight excluding hydrogens is 436 g/mol. The Morgan fingerprint density at radius 2 is 1.53 bits per heavy atom. The average molecular weight is 462 g/mol. The second-order valence-electron chi connectivity index (χ2n) is 8.13. The van der Waals surface area contributed by atoms with Crippen molar-refractivity contribution < 1.29 is 18.0 Å². The number of rotatable bonds is 9. The Morgan fingerprint density at radius 3 is 2.21 bits per heavy atom. The number of aromatic nitrogens is 1. The van der Waals surface area contributed by atoms with Gasteiger partial charge in [-0.25, -0.2) is 13.8 Å². The molecule has 0 radical (unpaired) electrons. The minimum absolute atomic E-state index is 0.176. The molecule has 1 heterocycles. The Kier molecular flexibility index (Phi) is 7.44. The number of benzene rings is 3. The number of carbonyl (C=O) groups excluding carboxylic acids is 1. The third-order valence-electron chi connectivity index (χ3n) is 5.48. The molecular formula is C27H25F2N3O2. The summed E-state index contributed by atoms with van der Waals surface area (Å²) in [4.78, 5) is 19.0. The van der Waals surface area contributed by atoms with Crippen LogP contribution in [-0.2, 0) is 26.2 Å². The van der Waals surface area contributed by atoms with Crippen molar-refractivity contribution in [3.8, 4) is 0 Å². The number of carbonyl (C=O) groups is 1. The Hall–Kier alpha value is -3.84. The van der Waals surface area contributed by atoms with Crippen LogP contribution in [-0.4, -0.2) is 15.8 Å². The summed E-state index contributed by atoms with van der Waals surface area (Å²) in [7, 11) is 0. The Morgan fingerprint density at radius 1 is 0.882 bits per heavy atom. The van der Waals surface area contributed by atoms with E-state index in [-0.39, 0.29) is 29.8 Å². The number of halogens is 2. The lowest BCUT2D eigenvalue weighted by atomic mass is 10.1. The molecule has 34 heavy (non-hydrogen) atoms. The van der Waals surface area contributed by atoms with Gasteiger partial charge < -0.3 is 9.73 Å². The molecule has 4 aromatic rings. The molecule has 1 amide bonds. The first kappa shape index (κ1) is 23.3. The fourth-order valence-corrected chi connectivity index (χ4v) is 3.60. The zero-order valence-electron chi connectivity index (χ0n) is 18.8. The maximum atomic E-state index is 13.3. The van der Waals surface area contributed by atoms with Crippen molar-refractivity contribution in [1.82, 2.24) is 15.2 Å². The number of aryl methyl sites for hydroxylation is 1. The van der Waals surface area contributed by atoms with Crippen molar-refractivity contribution in [1.29, 1.82) is 0 Å². The van der Waals surface area contributed by atoms with Gasteiger partial charge in [0.05, 0.1) is 6.54 Å². The highest BCUT2D eigenvalue weighted by atomic mass is 19.1. The molecule has 1 N–H and O–H groups in total. The molecule has 0 aliphatic carbocycles. The highest BCUT2D eigenvalue weighted by molar-refractivity contribution is 5.91. The summed E-state index contributed by atoms with van der Waals surface area (Å²) in [5, 5.41) is 2.76. The van der Waals surface area contributed by atoms with Gasteiger partial charge in [0.15, 0.2) is 5.69 Å². The van der Waals surface area contributed by atoms with Crippen molar-refractivity contribution in [2.75, 3.05) is 0 Å². The summed E-state index contributed by atoms with van der Waals surface area (Å²) < 4.78 is 32.0. The molecule has 0 unspecified atom stereocenters. The average Bonchev–Trinajstić information content (AvgIpc) is 3.30. The van der Waals surface area contributed by atoms with E-state index in [2.05, 4.69) is 34.3 Å². The van der Waals surface area contributed by atoms with Gasteiger partial charge in [0.1, 0.15) is 17.9 Å². The van der Waals surface area contributed by atoms with Crippen molar-refractivity contribution in [3.05, 3.63) is 125 Å². The van der Waals surface area contributed by atoms with Crippen LogP contribution >= 0.6 is 0 Å². The maximum absolute atomic E-state index is 13.3. The molecule has 0 aliphatic rings. The van der Waals surface area contributed by atoms with E-state index in [0.29, 0.717) is 25.5 Å². The number of hydrogen-bond donors (Lipinski definition) is 1. The third kappa shape index (κ3) is 6.36. The first-order valence-electron chi connectivity index (χ1n) is 10.9. The highest BCUT2D eigenvalue weighted by Crippen LogP contribution is 2.17. The fourth-order valence-electron chi connectivity index (χ4n) is 3.60. The summed E-state index contributed by atoms with van der Waals surface area (Å²) in [6, 6.07) is 20.4. The predicted molar refractivity (Wildman–Crippen MR) is 125 cm³/mol. The van der Waals surface area contributed by atoms with Crippen LogP contribution in [0.1, 0.15) is 38.6 Å². The molecule has 3 aromatic carbocycles. The van der Waals surface area contributed by atoms with Gasteiger partial charge in [0.2, 0.25) is 5.89 Å². The van der Waals surface area contributed by atoms with Crippen LogP contribution in [0.25, 0.3) is 0 Å². The summed E-state index contributed by atoms with van der Waals surface area (Å²) in [6.45, 7) is 3.88. The van der Waals surface area contributed by atoms with Crippen LogP contribution in [0, 0.1) is 18.6 Å². The van der Waals surface area contributed by atoms with E-state index in [9.17, 15) is 13.6 Å². The zero-order chi connectivity index (χ0) is 23.9. The number of amides is 1. The lowest BCUT2D eigenvalue weighted by Gasteiger charge is -2.22. The van der Waals surface area contributed by atoms with Crippen LogP contribution in [0.15, 0.2) is 83.5 Å². The van der Waals surface area contributed by atoms with E-state index >= 15 is 0 Å². The minimum Gasteiger partial charge on any atom is -0.447 e. The topological polar surface area (TPSA) is 58.4 Å². The van der Waals surface area contributed by atoms with Gasteiger partial charge >= 0.3 is 0 Å². The van der Waals surface area contributed by atoms with Crippen molar-refractivity contribution in [3.63, 3.8) is 0 Å². The van der Waals surface area contributed by atoms with Crippen LogP contribution in [0.4, 0.5) is 8.78 Å². The van der Waals surface area contributed by atoms with Crippen LogP contribution < -0.4 is 5.32 Å². The van der Waals surface area contributed by atoms with E-state index in [1.54, 1.807) is 24.3 Å². The number of nitrogens with one attached hydrogen (secondary N) is 1. The molecule has 174 valence electrons. The summed E-state index contributed by atoms with van der Waals surface area (Å²) in [5.41, 5.74) is 4.24. The van der Waals surface area contributed by atoms with E-state index in [4.69, 9.17) is 4.42 Å². The molecule has 0 spiro atoms. The molecule has 0 aliphatic heterocycles. The van der Waals surface area contributed by atoms with Gasteiger partial charge in [-0.2, -0.15) is 0 Å². The Labute approximate surface area is 197 Å². The van der Waals surface area contributed by atoms with E-state index < -0.39 is 0 Å². The van der Waals surface area contributed by atoms with Gasteiger partial charge in [-0.05, 0) is 53.4 Å². The summed E-state index contributed by atoms with van der Waals surface area (Å²) in [5.74, 6) is -0.573. The highest BCUT2D eigenvalue weighted by Gasteiger charge is 2.16. The standard InChI is InChI=1S/C27H25F2N3O2/c1-19-4-2-3-5-22(19)16-32(15-21-8-12-24(29)13-9-21)17-26-31-25(18-34-26)27(33)30-14-20-6-10-23(28)11-7-20/h2-13,18H,14-17H2,1H3,(H,30,33). The first-order chi connectivity index (χ1) is 16.5. The number of nitrogens with zero attached hydrogens (tertiary/aromatic N) is 2. The molecule has 0 saturated carbocycles. The smallest absolute Gasteiger partial charge is 0.273 e. The van der Waals surface area contributed by atoms with Crippen molar-refractivity contribution in [2.45, 2.75) is 33.1 Å². The second-order valence-corrected chi connectivity index (χ2v) is 8.13. The van der Waals surface area contributed by atoms with E-state index in [0.717, 1.165) is 16.7 Å². The quantitative estimate of drug-likeness (QED) is 0.363. The predicted octanol–water partition coefficient (Wildman–Crippen LogP) is 5.39. The normalized spacial score (nSPS) is 11.1. The van der Waals surface area contributed by atoms with Gasteiger partial charge in [-0.3, -0.25) is 9.69 Å². The fraction of sp³-hybridized carbons (Fsp3) is 0.185. The van der Waals surface area contributed by atoms with E-state index in [1.807, 2.05) is 12.1 Å². The lowest BCUT2D eigenvalue weighted by molar-refractivity contribution is 0.0945. The summed E-state index contributed by atoms with van der Waals surface area (Å²) >= 11 is 0. The number of oxazole rings is 1. The lowest BCUT2D eigenvalue weighted by Crippen LogP contribution is -2.24. The Balaban J connectivity index is 1.44. The summed E-state index contributed by atoms with van der Waals surface area (Å²) in [6.07, 6.45) is 1.33. The van der Waals surface area contributed by atoms with Gasteiger partial charge in [0, 0.05) is 19.6 Å². The van der Waals surface area contributed by atoms with Crippen LogP contribution in [0.3, 0.4) is 0 Å². The third-order valence-corrected chi connectivity index (χ3v) is 5.48. The van der Waals surface area contributed by atoms with Gasteiger partial charge in [-0.1, -0.05) is 48.5 Å². The van der Waals surface area contributed by atoms with E-state index in [1.165, 1.54) is 36.1 Å². The first-order valence-corrected chi connectivity index (χ1v) is 10.9. The van der Waals surface area contributed by atoms with Crippen LogP contribution in [0.5, 0.6) is 0 Å². The van der Waals surface area contributed by atoms with Gasteiger partial charge in [-0.15, -0.1) is 0 Å². The molecule has 4 rings (SSSR count). The maximum Gasteiger partial charge on any atom is 0.273 e. The minimum atomic E-state index is -0.372. The molecule has 5 nitrogen and oxygen atoms in total. The monoisotopic (exact) mass is 461 g/mol. The molecule has 7 heteroatoms. The largest absolute Gasteiger partial charge is 0.447 e.